The van der Waals surface area contributed by atoms with Crippen LogP contribution in [0.2, 0.25) is 0 Å². The molecule has 1 aliphatic carbocycles. The summed E-state index contributed by atoms with van der Waals surface area (Å²) in [5.74, 6) is 0. The molecule has 7 heavy (non-hydrogen) atoms. The third-order valence-electron chi connectivity index (χ3n) is 1.08. The van der Waals surface area contributed by atoms with E-state index in [1.165, 1.54) is 12.8 Å². The van der Waals surface area contributed by atoms with E-state index < -0.39 is 0 Å². The van der Waals surface area contributed by atoms with Gasteiger partial charge in [0.1, 0.15) is 0 Å². The molecule has 0 amide bonds. The SMILES string of the molecule is COCC=C1CC1. The Morgan fingerprint density at radius 2 is 2.43 bits per heavy atom. The second-order valence-electron chi connectivity index (χ2n) is 1.82. The van der Waals surface area contributed by atoms with E-state index in [9.17, 15) is 0 Å². The van der Waals surface area contributed by atoms with Gasteiger partial charge in [0.25, 0.3) is 0 Å². The van der Waals surface area contributed by atoms with Gasteiger partial charge >= 0.3 is 0 Å². The number of methoxy groups -OCH3 is 1. The summed E-state index contributed by atoms with van der Waals surface area (Å²) in [6.45, 7) is 0.801. The van der Waals surface area contributed by atoms with Gasteiger partial charge in [-0.2, -0.15) is 0 Å². The van der Waals surface area contributed by atoms with Crippen molar-refractivity contribution in [2.75, 3.05) is 13.7 Å². The van der Waals surface area contributed by atoms with Crippen LogP contribution in [0.25, 0.3) is 0 Å². The van der Waals surface area contributed by atoms with E-state index in [4.69, 9.17) is 4.74 Å². The molecule has 0 unspecified atom stereocenters. The molecule has 1 nitrogen and oxygen atoms in total. The quantitative estimate of drug-likeness (QED) is 0.474. The van der Waals surface area contributed by atoms with Gasteiger partial charge in [0.05, 0.1) is 6.61 Å². The molecule has 0 atom stereocenters. The zero-order valence-corrected chi connectivity index (χ0v) is 4.61. The number of rotatable bonds is 2. The summed E-state index contributed by atoms with van der Waals surface area (Å²) in [6.07, 6.45) is 4.77. The minimum atomic E-state index is 0.801. The molecule has 0 aromatic rings. The first-order valence-corrected chi connectivity index (χ1v) is 2.60. The number of allylic oxidation sites excluding steroid dienone is 1. The van der Waals surface area contributed by atoms with Crippen molar-refractivity contribution in [3.05, 3.63) is 11.6 Å². The molecule has 1 rings (SSSR count). The van der Waals surface area contributed by atoms with Gasteiger partial charge in [-0.1, -0.05) is 11.6 Å². The largest absolute Gasteiger partial charge is 0.381 e. The molecule has 0 heterocycles. The molecule has 0 N–H and O–H groups in total. The Morgan fingerprint density at radius 1 is 1.71 bits per heavy atom. The monoisotopic (exact) mass is 98.1 g/mol. The van der Waals surface area contributed by atoms with Gasteiger partial charge in [0.2, 0.25) is 0 Å². The summed E-state index contributed by atoms with van der Waals surface area (Å²) in [5.41, 5.74) is 1.56. The molecule has 0 saturated heterocycles. The van der Waals surface area contributed by atoms with Crippen molar-refractivity contribution in [1.29, 1.82) is 0 Å². The third kappa shape index (κ3) is 1.74. The minimum absolute atomic E-state index is 0.801. The molecule has 1 heteroatoms. The highest BCUT2D eigenvalue weighted by Crippen LogP contribution is 2.26. The van der Waals surface area contributed by atoms with Crippen LogP contribution >= 0.6 is 0 Å². The number of ether oxygens (including phenoxy) is 1. The Hall–Kier alpha value is -0.300. The lowest BCUT2D eigenvalue weighted by Gasteiger charge is -1.82. The highest BCUT2D eigenvalue weighted by atomic mass is 16.5. The van der Waals surface area contributed by atoms with Crippen LogP contribution in [0.5, 0.6) is 0 Å². The second-order valence-corrected chi connectivity index (χ2v) is 1.82. The predicted molar refractivity (Wildman–Crippen MR) is 29.2 cm³/mol. The van der Waals surface area contributed by atoms with Gasteiger partial charge in [-0.15, -0.1) is 0 Å². The highest BCUT2D eigenvalue weighted by Gasteiger charge is 2.08. The van der Waals surface area contributed by atoms with Gasteiger partial charge in [-0.25, -0.2) is 0 Å². The fourth-order valence-corrected chi connectivity index (χ4v) is 0.477. The Morgan fingerprint density at radius 3 is 2.86 bits per heavy atom. The lowest BCUT2D eigenvalue weighted by atomic mass is 10.5. The Labute approximate surface area is 44.0 Å². The standard InChI is InChI=1S/C6H10O/c1-7-5-4-6-2-3-6/h4H,2-3,5H2,1H3. The van der Waals surface area contributed by atoms with Crippen molar-refractivity contribution in [2.45, 2.75) is 12.8 Å². The first kappa shape index (κ1) is 4.85. The fourth-order valence-electron chi connectivity index (χ4n) is 0.477. The van der Waals surface area contributed by atoms with Gasteiger partial charge in [0.15, 0.2) is 0 Å². The minimum Gasteiger partial charge on any atom is -0.381 e. The summed E-state index contributed by atoms with van der Waals surface area (Å²) >= 11 is 0. The van der Waals surface area contributed by atoms with Crippen molar-refractivity contribution in [2.24, 2.45) is 0 Å². The molecule has 1 aliphatic rings. The highest BCUT2D eigenvalue weighted by molar-refractivity contribution is 5.15. The molecule has 0 bridgehead atoms. The Bertz CT molecular complexity index is 78.2. The van der Waals surface area contributed by atoms with Crippen LogP contribution in [0.1, 0.15) is 12.8 Å². The van der Waals surface area contributed by atoms with E-state index in [0.717, 1.165) is 6.61 Å². The molecule has 0 spiro atoms. The average molecular weight is 98.1 g/mol. The Balaban J connectivity index is 2.07. The lowest BCUT2D eigenvalue weighted by Crippen LogP contribution is -1.78. The molecule has 0 aromatic heterocycles. The summed E-state index contributed by atoms with van der Waals surface area (Å²) in [6, 6.07) is 0. The summed E-state index contributed by atoms with van der Waals surface area (Å²) < 4.78 is 4.82. The van der Waals surface area contributed by atoms with Crippen LogP contribution in [0.4, 0.5) is 0 Å². The van der Waals surface area contributed by atoms with Crippen LogP contribution in [0, 0.1) is 0 Å². The maximum atomic E-state index is 4.82. The number of hydrogen-bond acceptors (Lipinski definition) is 1. The van der Waals surface area contributed by atoms with E-state index in [1.807, 2.05) is 0 Å². The van der Waals surface area contributed by atoms with Crippen molar-refractivity contribution in [3.8, 4) is 0 Å². The van der Waals surface area contributed by atoms with Crippen LogP contribution in [-0.2, 0) is 4.74 Å². The van der Waals surface area contributed by atoms with Crippen LogP contribution in [0.15, 0.2) is 11.6 Å². The molecule has 1 fully saturated rings. The first-order valence-electron chi connectivity index (χ1n) is 2.60. The fraction of sp³-hybridized carbons (Fsp3) is 0.667. The second kappa shape index (κ2) is 2.12. The van der Waals surface area contributed by atoms with Gasteiger partial charge in [-0.05, 0) is 12.8 Å². The molecule has 0 aromatic carbocycles. The molecular weight excluding hydrogens is 88.1 g/mol. The maximum Gasteiger partial charge on any atom is 0.0646 e. The van der Waals surface area contributed by atoms with Crippen molar-refractivity contribution in [1.82, 2.24) is 0 Å². The third-order valence-corrected chi connectivity index (χ3v) is 1.08. The van der Waals surface area contributed by atoms with E-state index in [1.54, 1.807) is 12.7 Å². The van der Waals surface area contributed by atoms with E-state index in [0.29, 0.717) is 0 Å². The topological polar surface area (TPSA) is 9.23 Å². The van der Waals surface area contributed by atoms with Crippen LogP contribution in [0.3, 0.4) is 0 Å². The van der Waals surface area contributed by atoms with Crippen LogP contribution < -0.4 is 0 Å². The van der Waals surface area contributed by atoms with E-state index >= 15 is 0 Å². The maximum absolute atomic E-state index is 4.82. The van der Waals surface area contributed by atoms with E-state index in [2.05, 4.69) is 6.08 Å². The first-order chi connectivity index (χ1) is 3.43. The smallest absolute Gasteiger partial charge is 0.0646 e. The zero-order chi connectivity index (χ0) is 5.11. The van der Waals surface area contributed by atoms with Crippen molar-refractivity contribution >= 4 is 0 Å². The molecule has 1 saturated carbocycles. The molecule has 0 radical (unpaired) electrons. The van der Waals surface area contributed by atoms with Crippen molar-refractivity contribution < 1.29 is 4.74 Å². The van der Waals surface area contributed by atoms with Gasteiger partial charge in [0, 0.05) is 7.11 Å². The van der Waals surface area contributed by atoms with Crippen LogP contribution in [-0.4, -0.2) is 13.7 Å². The van der Waals surface area contributed by atoms with Gasteiger partial charge < -0.3 is 4.74 Å². The molecule has 40 valence electrons. The Kier molecular flexibility index (Phi) is 1.47. The number of hydrogen-bond donors (Lipinski definition) is 0. The van der Waals surface area contributed by atoms with E-state index in [-0.39, 0.29) is 0 Å². The summed E-state index contributed by atoms with van der Waals surface area (Å²) in [7, 11) is 1.72. The van der Waals surface area contributed by atoms with Gasteiger partial charge in [-0.3, -0.25) is 0 Å². The predicted octanol–water partition coefficient (Wildman–Crippen LogP) is 1.35. The van der Waals surface area contributed by atoms with Crippen molar-refractivity contribution in [3.63, 3.8) is 0 Å². The lowest BCUT2D eigenvalue weighted by molar-refractivity contribution is 0.233. The summed E-state index contributed by atoms with van der Waals surface area (Å²) in [4.78, 5) is 0. The average Bonchev–Trinajstić information content (AvgIpc) is 2.42. The zero-order valence-electron chi connectivity index (χ0n) is 4.61. The molecule has 0 aliphatic heterocycles. The normalized spacial score (nSPS) is 17.0. The molecular formula is C6H10O. The summed E-state index contributed by atoms with van der Waals surface area (Å²) in [5, 5.41) is 0.